The summed E-state index contributed by atoms with van der Waals surface area (Å²) in [4.78, 5) is 39.8. The standard InChI is InChI=1S/C24H30N4O2S/c1-16-10-13-31-21(16)15-27-12-9-19-18(14-27)23(29)26-22(25-19)20-8-5-11-28(20)24(30)17-6-3-2-4-7-17/h2-3,10,13,17,20H,4-9,11-12,14-15H2,1H3,(H,25,26,29)/t17-,20-/m0/s1. The molecule has 1 N–H and O–H groups in total. The van der Waals surface area contributed by atoms with Crippen molar-refractivity contribution in [3.8, 4) is 0 Å². The molecule has 7 heteroatoms. The lowest BCUT2D eigenvalue weighted by atomic mass is 9.93. The normalized spacial score (nSPS) is 23.8. The van der Waals surface area contributed by atoms with Crippen molar-refractivity contribution in [2.24, 2.45) is 5.92 Å². The van der Waals surface area contributed by atoms with E-state index >= 15 is 0 Å². The van der Waals surface area contributed by atoms with E-state index < -0.39 is 0 Å². The first-order valence-corrected chi connectivity index (χ1v) is 12.3. The molecule has 0 aromatic carbocycles. The monoisotopic (exact) mass is 438 g/mol. The van der Waals surface area contributed by atoms with Crippen molar-refractivity contribution >= 4 is 17.2 Å². The van der Waals surface area contributed by atoms with Gasteiger partial charge >= 0.3 is 0 Å². The van der Waals surface area contributed by atoms with Gasteiger partial charge in [0.05, 0.1) is 17.3 Å². The minimum Gasteiger partial charge on any atom is -0.332 e. The summed E-state index contributed by atoms with van der Waals surface area (Å²) in [6.45, 7) is 5.32. The highest BCUT2D eigenvalue weighted by molar-refractivity contribution is 7.10. The van der Waals surface area contributed by atoms with E-state index in [1.165, 1.54) is 10.4 Å². The largest absolute Gasteiger partial charge is 0.332 e. The smallest absolute Gasteiger partial charge is 0.255 e. The van der Waals surface area contributed by atoms with Crippen LogP contribution in [0.5, 0.6) is 0 Å². The van der Waals surface area contributed by atoms with E-state index in [2.05, 4.69) is 40.4 Å². The maximum atomic E-state index is 13.1. The van der Waals surface area contributed by atoms with Crippen molar-refractivity contribution in [2.45, 2.75) is 64.6 Å². The van der Waals surface area contributed by atoms with Gasteiger partial charge in [0.15, 0.2) is 0 Å². The van der Waals surface area contributed by atoms with Gasteiger partial charge in [-0.05, 0) is 56.0 Å². The third-order valence-electron chi connectivity index (χ3n) is 6.97. The molecule has 5 rings (SSSR count). The number of hydrogen-bond donors (Lipinski definition) is 1. The van der Waals surface area contributed by atoms with Gasteiger partial charge in [-0.15, -0.1) is 11.3 Å². The molecule has 2 aromatic rings. The molecular weight excluding hydrogens is 408 g/mol. The summed E-state index contributed by atoms with van der Waals surface area (Å²) in [5.41, 5.74) is 2.99. The number of aryl methyl sites for hydroxylation is 1. The van der Waals surface area contributed by atoms with E-state index in [9.17, 15) is 9.59 Å². The van der Waals surface area contributed by atoms with Crippen molar-refractivity contribution < 1.29 is 4.79 Å². The van der Waals surface area contributed by atoms with Crippen molar-refractivity contribution in [3.63, 3.8) is 0 Å². The van der Waals surface area contributed by atoms with Crippen LogP contribution < -0.4 is 5.56 Å². The van der Waals surface area contributed by atoms with Crippen LogP contribution in [0.15, 0.2) is 28.4 Å². The van der Waals surface area contributed by atoms with Crippen LogP contribution in [0.2, 0.25) is 0 Å². The van der Waals surface area contributed by atoms with Crippen LogP contribution in [0, 0.1) is 12.8 Å². The highest BCUT2D eigenvalue weighted by atomic mass is 32.1. The Morgan fingerprint density at radius 2 is 2.19 bits per heavy atom. The summed E-state index contributed by atoms with van der Waals surface area (Å²) in [6, 6.07) is 2.06. The summed E-state index contributed by atoms with van der Waals surface area (Å²) in [7, 11) is 0. The Kier molecular flexibility index (Phi) is 5.80. The zero-order valence-electron chi connectivity index (χ0n) is 18.1. The third kappa shape index (κ3) is 4.13. The van der Waals surface area contributed by atoms with E-state index in [-0.39, 0.29) is 23.4 Å². The molecular formula is C24H30N4O2S. The lowest BCUT2D eigenvalue weighted by molar-refractivity contribution is -0.136. The van der Waals surface area contributed by atoms with Gasteiger partial charge in [0.1, 0.15) is 5.82 Å². The Balaban J connectivity index is 1.34. The number of nitrogens with zero attached hydrogens (tertiary/aromatic N) is 3. The molecule has 3 aliphatic rings. The highest BCUT2D eigenvalue weighted by Gasteiger charge is 2.36. The van der Waals surface area contributed by atoms with Gasteiger partial charge in [0.25, 0.3) is 5.56 Å². The van der Waals surface area contributed by atoms with Crippen molar-refractivity contribution in [1.82, 2.24) is 19.8 Å². The van der Waals surface area contributed by atoms with Crippen LogP contribution in [-0.4, -0.2) is 38.8 Å². The average molecular weight is 439 g/mol. The van der Waals surface area contributed by atoms with E-state index in [1.54, 1.807) is 11.3 Å². The number of amides is 1. The fourth-order valence-electron chi connectivity index (χ4n) is 5.13. The maximum Gasteiger partial charge on any atom is 0.255 e. The molecule has 1 saturated heterocycles. The summed E-state index contributed by atoms with van der Waals surface area (Å²) < 4.78 is 0. The Morgan fingerprint density at radius 3 is 2.97 bits per heavy atom. The first kappa shape index (κ1) is 20.6. The predicted molar refractivity (Wildman–Crippen MR) is 122 cm³/mol. The zero-order valence-corrected chi connectivity index (χ0v) is 18.9. The topological polar surface area (TPSA) is 69.3 Å². The second kappa shape index (κ2) is 8.71. The van der Waals surface area contributed by atoms with Gasteiger partial charge in [-0.2, -0.15) is 0 Å². The molecule has 1 fully saturated rings. The molecule has 6 nitrogen and oxygen atoms in total. The van der Waals surface area contributed by atoms with Crippen molar-refractivity contribution in [2.75, 3.05) is 13.1 Å². The molecule has 0 radical (unpaired) electrons. The molecule has 164 valence electrons. The van der Waals surface area contributed by atoms with Gasteiger partial charge in [-0.25, -0.2) is 4.98 Å². The quantitative estimate of drug-likeness (QED) is 0.739. The molecule has 0 saturated carbocycles. The second-order valence-corrected chi connectivity index (χ2v) is 10.0. The Bertz CT molecular complexity index is 1060. The first-order chi connectivity index (χ1) is 15.1. The molecule has 4 heterocycles. The minimum absolute atomic E-state index is 0.0347. The van der Waals surface area contributed by atoms with Crippen molar-refractivity contribution in [3.05, 3.63) is 61.5 Å². The fourth-order valence-corrected chi connectivity index (χ4v) is 6.08. The summed E-state index contributed by atoms with van der Waals surface area (Å²) >= 11 is 1.78. The predicted octanol–water partition coefficient (Wildman–Crippen LogP) is 3.72. The van der Waals surface area contributed by atoms with Crippen molar-refractivity contribution in [1.29, 1.82) is 0 Å². The number of nitrogens with one attached hydrogen (secondary N) is 1. The van der Waals surface area contributed by atoms with Gasteiger partial charge < -0.3 is 9.88 Å². The number of hydrogen-bond acceptors (Lipinski definition) is 5. The van der Waals surface area contributed by atoms with Gasteiger partial charge in [-0.1, -0.05) is 12.2 Å². The van der Waals surface area contributed by atoms with Crippen LogP contribution >= 0.6 is 11.3 Å². The number of aromatic amines is 1. The molecule has 0 unspecified atom stereocenters. The highest BCUT2D eigenvalue weighted by Crippen LogP contribution is 2.33. The Hall–Kier alpha value is -2.25. The number of carbonyl (C=O) groups excluding carboxylic acids is 1. The molecule has 2 aromatic heterocycles. The first-order valence-electron chi connectivity index (χ1n) is 11.4. The second-order valence-electron chi connectivity index (χ2n) is 9.03. The number of rotatable bonds is 4. The van der Waals surface area contributed by atoms with Crippen LogP contribution in [0.1, 0.15) is 65.7 Å². The fraction of sp³-hybridized carbons (Fsp3) is 0.542. The van der Waals surface area contributed by atoms with Gasteiger partial charge in [0.2, 0.25) is 5.91 Å². The van der Waals surface area contributed by atoms with Crippen LogP contribution in [-0.2, 0) is 24.3 Å². The Morgan fingerprint density at radius 1 is 1.29 bits per heavy atom. The minimum atomic E-state index is -0.0943. The molecule has 0 spiro atoms. The van der Waals surface area contributed by atoms with E-state index in [4.69, 9.17) is 4.98 Å². The Labute approximate surface area is 187 Å². The SMILES string of the molecule is Cc1ccsc1CN1CCc2nc([C@@H]3CCCN3C(=O)[C@H]3CC=CCC3)[nH]c(=O)c2C1. The number of carbonyl (C=O) groups is 1. The van der Waals surface area contributed by atoms with Crippen LogP contribution in [0.3, 0.4) is 0 Å². The van der Waals surface area contributed by atoms with Crippen LogP contribution in [0.4, 0.5) is 0 Å². The van der Waals surface area contributed by atoms with Gasteiger partial charge in [-0.3, -0.25) is 14.5 Å². The molecule has 2 atom stereocenters. The zero-order chi connectivity index (χ0) is 21.4. The lowest BCUT2D eigenvalue weighted by Crippen LogP contribution is -2.39. The van der Waals surface area contributed by atoms with Gasteiger partial charge in [0, 0.05) is 43.4 Å². The lowest BCUT2D eigenvalue weighted by Gasteiger charge is -2.31. The molecule has 1 amide bonds. The maximum absolute atomic E-state index is 13.1. The number of H-pyrrole nitrogens is 1. The molecule has 2 aliphatic heterocycles. The summed E-state index contributed by atoms with van der Waals surface area (Å²) in [5.74, 6) is 0.984. The number of allylic oxidation sites excluding steroid dienone is 2. The molecule has 1 aliphatic carbocycles. The summed E-state index contributed by atoms with van der Waals surface area (Å²) in [6.07, 6.45) is 9.64. The summed E-state index contributed by atoms with van der Waals surface area (Å²) in [5, 5.41) is 2.13. The third-order valence-corrected chi connectivity index (χ3v) is 7.98. The number of fused-ring (bicyclic) bond motifs is 1. The van der Waals surface area contributed by atoms with E-state index in [0.717, 1.165) is 69.4 Å². The molecule has 0 bridgehead atoms. The number of thiophene rings is 1. The van der Waals surface area contributed by atoms with E-state index in [0.29, 0.717) is 12.4 Å². The average Bonchev–Trinajstić information content (AvgIpc) is 3.43. The van der Waals surface area contributed by atoms with E-state index in [1.807, 2.05) is 4.90 Å². The van der Waals surface area contributed by atoms with Crippen LogP contribution in [0.25, 0.3) is 0 Å². The molecule has 31 heavy (non-hydrogen) atoms. The number of likely N-dealkylation sites (tertiary alicyclic amines) is 1. The number of aromatic nitrogens is 2.